The Balaban J connectivity index is 2.73. The molecule has 1 aromatic rings. The Hall–Kier alpha value is -0.780. The summed E-state index contributed by atoms with van der Waals surface area (Å²) in [5.41, 5.74) is -0.707. The highest BCUT2D eigenvalue weighted by molar-refractivity contribution is 7.99. The minimum atomic E-state index is -0.707. The molecule has 4 nitrogen and oxygen atoms in total. The molecule has 118 valence electrons. The Labute approximate surface area is 136 Å². The number of hydrogen-bond donors (Lipinski definition) is 1. The topological polar surface area (TPSA) is 51.2 Å². The standard InChI is InChI=1S/C15H23ClN2O2S/c1-10(2)18-15(4,14(19)20-5)8-11(3)21-13-7-6-12(16)9-17-13/h6-7,9-11,18H,8H2,1-5H3. The number of pyridine rings is 1. The van der Waals surface area contributed by atoms with Gasteiger partial charge in [0.1, 0.15) is 5.54 Å². The van der Waals surface area contributed by atoms with Crippen LogP contribution < -0.4 is 5.32 Å². The lowest BCUT2D eigenvalue weighted by Gasteiger charge is -2.32. The average molecular weight is 331 g/mol. The molecular formula is C15H23ClN2O2S. The van der Waals surface area contributed by atoms with Crippen molar-refractivity contribution in [1.29, 1.82) is 0 Å². The average Bonchev–Trinajstić information content (AvgIpc) is 2.39. The summed E-state index contributed by atoms with van der Waals surface area (Å²) in [6.45, 7) is 7.98. The van der Waals surface area contributed by atoms with Gasteiger partial charge in [0.15, 0.2) is 0 Å². The fourth-order valence-electron chi connectivity index (χ4n) is 2.32. The van der Waals surface area contributed by atoms with E-state index in [1.165, 1.54) is 7.11 Å². The summed E-state index contributed by atoms with van der Waals surface area (Å²) in [6.07, 6.45) is 2.27. The minimum absolute atomic E-state index is 0.194. The number of carbonyl (C=O) groups excluding carboxylic acids is 1. The van der Waals surface area contributed by atoms with Gasteiger partial charge in [-0.15, -0.1) is 11.8 Å². The molecule has 0 amide bonds. The van der Waals surface area contributed by atoms with Crippen LogP contribution in [0.1, 0.15) is 34.1 Å². The lowest BCUT2D eigenvalue weighted by atomic mass is 9.95. The molecular weight excluding hydrogens is 308 g/mol. The number of nitrogens with one attached hydrogen (secondary N) is 1. The van der Waals surface area contributed by atoms with Gasteiger partial charge in [-0.05, 0) is 39.3 Å². The van der Waals surface area contributed by atoms with Gasteiger partial charge < -0.3 is 4.74 Å². The highest BCUT2D eigenvalue weighted by Gasteiger charge is 2.36. The third-order valence-corrected chi connectivity index (χ3v) is 4.24. The molecule has 2 unspecified atom stereocenters. The molecule has 0 radical (unpaired) electrons. The SMILES string of the molecule is COC(=O)C(C)(CC(C)Sc1ccc(Cl)cn1)NC(C)C. The smallest absolute Gasteiger partial charge is 0.325 e. The fourth-order valence-corrected chi connectivity index (χ4v) is 3.52. The van der Waals surface area contributed by atoms with Crippen molar-refractivity contribution >= 4 is 29.3 Å². The van der Waals surface area contributed by atoms with Crippen LogP contribution in [0.4, 0.5) is 0 Å². The van der Waals surface area contributed by atoms with E-state index in [0.29, 0.717) is 11.4 Å². The van der Waals surface area contributed by atoms with Crippen molar-refractivity contribution in [2.24, 2.45) is 0 Å². The maximum absolute atomic E-state index is 12.1. The van der Waals surface area contributed by atoms with Crippen molar-refractivity contribution in [3.8, 4) is 0 Å². The normalized spacial score (nSPS) is 15.6. The van der Waals surface area contributed by atoms with E-state index in [2.05, 4.69) is 17.2 Å². The highest BCUT2D eigenvalue weighted by Crippen LogP contribution is 2.28. The van der Waals surface area contributed by atoms with Crippen molar-refractivity contribution < 1.29 is 9.53 Å². The second-order valence-corrected chi connectivity index (χ2v) is 7.47. The van der Waals surface area contributed by atoms with E-state index < -0.39 is 5.54 Å². The minimum Gasteiger partial charge on any atom is -0.468 e. The number of hydrogen-bond acceptors (Lipinski definition) is 5. The quantitative estimate of drug-likeness (QED) is 0.612. The molecule has 0 spiro atoms. The van der Waals surface area contributed by atoms with Crippen LogP contribution in [0.25, 0.3) is 0 Å². The lowest BCUT2D eigenvalue weighted by Crippen LogP contribution is -2.54. The number of halogens is 1. The molecule has 21 heavy (non-hydrogen) atoms. The zero-order chi connectivity index (χ0) is 16.0. The largest absolute Gasteiger partial charge is 0.468 e. The van der Waals surface area contributed by atoms with Crippen LogP contribution in [-0.2, 0) is 9.53 Å². The molecule has 1 N–H and O–H groups in total. The van der Waals surface area contributed by atoms with Gasteiger partial charge >= 0.3 is 5.97 Å². The van der Waals surface area contributed by atoms with Crippen LogP contribution in [-0.4, -0.2) is 34.9 Å². The van der Waals surface area contributed by atoms with Crippen molar-refractivity contribution in [2.45, 2.75) is 56.0 Å². The van der Waals surface area contributed by atoms with E-state index in [9.17, 15) is 4.79 Å². The second kappa shape index (κ2) is 8.01. The van der Waals surface area contributed by atoms with E-state index in [4.69, 9.17) is 16.3 Å². The molecule has 2 atom stereocenters. The summed E-state index contributed by atoms with van der Waals surface area (Å²) < 4.78 is 4.94. The number of carbonyl (C=O) groups is 1. The van der Waals surface area contributed by atoms with Crippen LogP contribution >= 0.6 is 23.4 Å². The molecule has 6 heteroatoms. The Morgan fingerprint density at radius 3 is 2.62 bits per heavy atom. The second-order valence-electron chi connectivity index (χ2n) is 5.57. The zero-order valence-corrected chi connectivity index (χ0v) is 14.7. The van der Waals surface area contributed by atoms with Gasteiger partial charge in [0.2, 0.25) is 0 Å². The number of esters is 1. The molecule has 0 saturated carbocycles. The number of rotatable bonds is 7. The molecule has 1 aromatic heterocycles. The maximum Gasteiger partial charge on any atom is 0.325 e. The van der Waals surface area contributed by atoms with Gasteiger partial charge in [-0.3, -0.25) is 10.1 Å². The van der Waals surface area contributed by atoms with Gasteiger partial charge in [-0.2, -0.15) is 0 Å². The number of nitrogens with zero attached hydrogens (tertiary/aromatic N) is 1. The van der Waals surface area contributed by atoms with Crippen molar-refractivity contribution in [2.75, 3.05) is 7.11 Å². The number of aromatic nitrogens is 1. The highest BCUT2D eigenvalue weighted by atomic mass is 35.5. The molecule has 0 saturated heterocycles. The molecule has 0 aliphatic heterocycles. The Morgan fingerprint density at radius 1 is 1.48 bits per heavy atom. The molecule has 0 fully saturated rings. The predicted octanol–water partition coefficient (Wildman–Crippen LogP) is 3.54. The van der Waals surface area contributed by atoms with Crippen molar-refractivity contribution in [3.63, 3.8) is 0 Å². The van der Waals surface area contributed by atoms with E-state index >= 15 is 0 Å². The van der Waals surface area contributed by atoms with Crippen LogP contribution in [0.3, 0.4) is 0 Å². The Morgan fingerprint density at radius 2 is 2.14 bits per heavy atom. The third kappa shape index (κ3) is 5.85. The summed E-state index contributed by atoms with van der Waals surface area (Å²) in [6, 6.07) is 3.89. The number of thioether (sulfide) groups is 1. The first-order chi connectivity index (χ1) is 9.76. The van der Waals surface area contributed by atoms with Crippen molar-refractivity contribution in [1.82, 2.24) is 10.3 Å². The van der Waals surface area contributed by atoms with Crippen molar-refractivity contribution in [3.05, 3.63) is 23.4 Å². The summed E-state index contributed by atoms with van der Waals surface area (Å²) in [5, 5.41) is 5.02. The predicted molar refractivity (Wildman–Crippen MR) is 87.9 cm³/mol. The van der Waals surface area contributed by atoms with Gasteiger partial charge in [-0.1, -0.05) is 18.5 Å². The number of methoxy groups -OCH3 is 1. The van der Waals surface area contributed by atoms with Gasteiger partial charge in [0.05, 0.1) is 17.2 Å². The molecule has 0 aromatic carbocycles. The van der Waals surface area contributed by atoms with E-state index in [1.807, 2.05) is 32.9 Å². The van der Waals surface area contributed by atoms with E-state index in [1.54, 1.807) is 18.0 Å². The van der Waals surface area contributed by atoms with Gasteiger partial charge in [-0.25, -0.2) is 4.98 Å². The Bertz CT molecular complexity index is 467. The molecule has 1 rings (SSSR count). The van der Waals surface area contributed by atoms with Crippen LogP contribution in [0.5, 0.6) is 0 Å². The number of ether oxygens (including phenoxy) is 1. The molecule has 0 aliphatic rings. The zero-order valence-electron chi connectivity index (χ0n) is 13.1. The van der Waals surface area contributed by atoms with Gasteiger partial charge in [0, 0.05) is 17.5 Å². The van der Waals surface area contributed by atoms with Gasteiger partial charge in [0.25, 0.3) is 0 Å². The first-order valence-corrected chi connectivity index (χ1v) is 8.17. The van der Waals surface area contributed by atoms with Crippen LogP contribution in [0.15, 0.2) is 23.4 Å². The van der Waals surface area contributed by atoms with Crippen LogP contribution in [0.2, 0.25) is 5.02 Å². The summed E-state index contributed by atoms with van der Waals surface area (Å²) >= 11 is 7.45. The first kappa shape index (κ1) is 18.3. The molecule has 0 aliphatic carbocycles. The Kier molecular flexibility index (Phi) is 6.97. The van der Waals surface area contributed by atoms with E-state index in [0.717, 1.165) is 5.03 Å². The summed E-state index contributed by atoms with van der Waals surface area (Å²) in [5.74, 6) is -0.243. The maximum atomic E-state index is 12.1. The van der Waals surface area contributed by atoms with E-state index in [-0.39, 0.29) is 17.3 Å². The summed E-state index contributed by atoms with van der Waals surface area (Å²) in [4.78, 5) is 16.3. The first-order valence-electron chi connectivity index (χ1n) is 6.91. The molecule has 1 heterocycles. The summed E-state index contributed by atoms with van der Waals surface area (Å²) in [7, 11) is 1.42. The molecule has 0 bridgehead atoms. The van der Waals surface area contributed by atoms with Crippen LogP contribution in [0, 0.1) is 0 Å². The third-order valence-electron chi connectivity index (χ3n) is 2.96. The fraction of sp³-hybridized carbons (Fsp3) is 0.600. The monoisotopic (exact) mass is 330 g/mol. The lowest BCUT2D eigenvalue weighted by molar-refractivity contribution is -0.148.